The first-order valence-electron chi connectivity index (χ1n) is 6.11. The van der Waals surface area contributed by atoms with Crippen LogP contribution in [0.3, 0.4) is 0 Å². The molecule has 0 spiro atoms. The minimum Gasteiger partial charge on any atom is -0.497 e. The first-order chi connectivity index (χ1) is 9.61. The fraction of sp³-hybridized carbons (Fsp3) is 0.200. The zero-order chi connectivity index (χ0) is 14.5. The Morgan fingerprint density at radius 2 is 1.95 bits per heavy atom. The molecule has 0 aromatic heterocycles. The minimum absolute atomic E-state index is 0.214. The van der Waals surface area contributed by atoms with Gasteiger partial charge in [-0.05, 0) is 45.8 Å². The van der Waals surface area contributed by atoms with Crippen molar-refractivity contribution in [2.75, 3.05) is 19.0 Å². The summed E-state index contributed by atoms with van der Waals surface area (Å²) in [6.07, 6.45) is -0.729. The minimum atomic E-state index is -0.729. The summed E-state index contributed by atoms with van der Waals surface area (Å²) < 4.78 is 19.3. The Hall–Kier alpha value is -1.59. The summed E-state index contributed by atoms with van der Waals surface area (Å²) in [5, 5.41) is 13.0. The van der Waals surface area contributed by atoms with E-state index in [1.54, 1.807) is 43.5 Å². The van der Waals surface area contributed by atoms with Gasteiger partial charge in [0.1, 0.15) is 11.6 Å². The third-order valence-corrected chi connectivity index (χ3v) is 3.60. The lowest BCUT2D eigenvalue weighted by Crippen LogP contribution is -2.13. The fourth-order valence-electron chi connectivity index (χ4n) is 1.81. The van der Waals surface area contributed by atoms with Crippen molar-refractivity contribution in [2.24, 2.45) is 0 Å². The lowest BCUT2D eigenvalue weighted by molar-refractivity contribution is 0.191. The molecule has 0 saturated heterocycles. The van der Waals surface area contributed by atoms with Crippen LogP contribution in [0, 0.1) is 5.82 Å². The largest absolute Gasteiger partial charge is 0.497 e. The number of rotatable bonds is 5. The molecule has 5 heteroatoms. The maximum atomic E-state index is 13.6. The lowest BCUT2D eigenvalue weighted by atomic mass is 10.1. The summed E-state index contributed by atoms with van der Waals surface area (Å²) >= 11 is 3.27. The van der Waals surface area contributed by atoms with Crippen LogP contribution in [-0.2, 0) is 0 Å². The molecule has 0 aliphatic carbocycles. The fourth-order valence-corrected chi connectivity index (χ4v) is 2.29. The van der Waals surface area contributed by atoms with Gasteiger partial charge in [-0.15, -0.1) is 0 Å². The van der Waals surface area contributed by atoms with Crippen LogP contribution >= 0.6 is 15.9 Å². The molecule has 2 rings (SSSR count). The zero-order valence-corrected chi connectivity index (χ0v) is 12.5. The quantitative estimate of drug-likeness (QED) is 0.871. The number of anilines is 1. The smallest absolute Gasteiger partial charge is 0.147 e. The molecule has 0 aliphatic heterocycles. The Morgan fingerprint density at radius 3 is 2.55 bits per heavy atom. The normalized spacial score (nSPS) is 12.0. The molecule has 106 valence electrons. The molecule has 3 nitrogen and oxygen atoms in total. The number of hydrogen-bond acceptors (Lipinski definition) is 3. The molecule has 0 heterocycles. The van der Waals surface area contributed by atoms with Gasteiger partial charge in [0.2, 0.25) is 0 Å². The zero-order valence-electron chi connectivity index (χ0n) is 10.9. The number of methoxy groups -OCH3 is 1. The molecule has 1 unspecified atom stereocenters. The van der Waals surface area contributed by atoms with Crippen molar-refractivity contribution in [3.63, 3.8) is 0 Å². The van der Waals surface area contributed by atoms with E-state index in [4.69, 9.17) is 4.74 Å². The van der Waals surface area contributed by atoms with Crippen molar-refractivity contribution in [3.05, 3.63) is 58.3 Å². The van der Waals surface area contributed by atoms with Crippen molar-refractivity contribution in [1.29, 1.82) is 0 Å². The number of aliphatic hydroxyl groups is 1. The van der Waals surface area contributed by atoms with Crippen LogP contribution in [-0.4, -0.2) is 18.8 Å². The molecule has 2 N–H and O–H groups in total. The van der Waals surface area contributed by atoms with E-state index in [0.29, 0.717) is 10.2 Å². The average molecular weight is 340 g/mol. The number of halogens is 2. The highest BCUT2D eigenvalue weighted by atomic mass is 79.9. The molecular weight excluding hydrogens is 325 g/mol. The van der Waals surface area contributed by atoms with Gasteiger partial charge < -0.3 is 15.2 Å². The molecule has 1 atom stereocenters. The molecule has 0 amide bonds. The molecule has 20 heavy (non-hydrogen) atoms. The maximum Gasteiger partial charge on any atom is 0.147 e. The predicted molar refractivity (Wildman–Crippen MR) is 80.5 cm³/mol. The van der Waals surface area contributed by atoms with Crippen LogP contribution in [0.5, 0.6) is 5.75 Å². The van der Waals surface area contributed by atoms with E-state index in [0.717, 1.165) is 11.3 Å². The Morgan fingerprint density at radius 1 is 1.25 bits per heavy atom. The van der Waals surface area contributed by atoms with Gasteiger partial charge in [0.15, 0.2) is 0 Å². The summed E-state index contributed by atoms with van der Waals surface area (Å²) in [5.41, 5.74) is 1.09. The van der Waals surface area contributed by atoms with E-state index in [1.165, 1.54) is 6.07 Å². The topological polar surface area (TPSA) is 41.5 Å². The van der Waals surface area contributed by atoms with Crippen LogP contribution in [0.1, 0.15) is 11.7 Å². The second-order valence-electron chi connectivity index (χ2n) is 4.27. The number of para-hydroxylation sites is 1. The molecule has 2 aromatic carbocycles. The number of hydrogen-bond donors (Lipinski definition) is 2. The van der Waals surface area contributed by atoms with E-state index in [9.17, 15) is 9.50 Å². The van der Waals surface area contributed by atoms with E-state index in [2.05, 4.69) is 21.2 Å². The van der Waals surface area contributed by atoms with Crippen LogP contribution < -0.4 is 10.1 Å². The summed E-state index contributed by atoms with van der Waals surface area (Å²) in [7, 11) is 1.59. The third-order valence-electron chi connectivity index (χ3n) is 2.94. The highest BCUT2D eigenvalue weighted by Gasteiger charge is 2.11. The Bertz CT molecular complexity index is 554. The van der Waals surface area contributed by atoms with Crippen LogP contribution in [0.25, 0.3) is 0 Å². The molecule has 0 saturated carbocycles. The van der Waals surface area contributed by atoms with Gasteiger partial charge in [0, 0.05) is 11.0 Å². The molecule has 0 fully saturated rings. The van der Waals surface area contributed by atoms with Crippen LogP contribution in [0.2, 0.25) is 0 Å². The van der Waals surface area contributed by atoms with Crippen LogP contribution in [0.15, 0.2) is 46.9 Å². The Labute approximate surface area is 125 Å². The number of ether oxygens (including phenoxy) is 1. The second-order valence-corrected chi connectivity index (χ2v) is 5.12. The van der Waals surface area contributed by atoms with Crippen molar-refractivity contribution in [1.82, 2.24) is 0 Å². The first kappa shape index (κ1) is 14.8. The molecule has 2 aromatic rings. The summed E-state index contributed by atoms with van der Waals surface area (Å²) in [4.78, 5) is 0. The van der Waals surface area contributed by atoms with Crippen molar-refractivity contribution < 1.29 is 14.2 Å². The SMILES string of the molecule is COc1ccc(C(O)CNc2c(F)cccc2Br)cc1. The van der Waals surface area contributed by atoms with Gasteiger partial charge in [-0.1, -0.05) is 18.2 Å². The van der Waals surface area contributed by atoms with E-state index in [1.807, 2.05) is 0 Å². The van der Waals surface area contributed by atoms with Crippen molar-refractivity contribution in [2.45, 2.75) is 6.10 Å². The van der Waals surface area contributed by atoms with Gasteiger partial charge in [-0.3, -0.25) is 0 Å². The van der Waals surface area contributed by atoms with Gasteiger partial charge in [-0.25, -0.2) is 4.39 Å². The second kappa shape index (κ2) is 6.72. The van der Waals surface area contributed by atoms with Crippen LogP contribution in [0.4, 0.5) is 10.1 Å². The van der Waals surface area contributed by atoms with E-state index < -0.39 is 6.10 Å². The monoisotopic (exact) mass is 339 g/mol. The number of aliphatic hydroxyl groups excluding tert-OH is 1. The lowest BCUT2D eigenvalue weighted by Gasteiger charge is -2.15. The summed E-state index contributed by atoms with van der Waals surface area (Å²) in [6, 6.07) is 11.8. The summed E-state index contributed by atoms with van der Waals surface area (Å²) in [6.45, 7) is 0.214. The number of nitrogens with one attached hydrogen (secondary N) is 1. The molecule has 0 radical (unpaired) electrons. The highest BCUT2D eigenvalue weighted by Crippen LogP contribution is 2.26. The Kier molecular flexibility index (Phi) is 4.98. The first-order valence-corrected chi connectivity index (χ1v) is 6.91. The summed E-state index contributed by atoms with van der Waals surface area (Å²) in [5.74, 6) is 0.368. The number of benzene rings is 2. The maximum absolute atomic E-state index is 13.6. The van der Waals surface area contributed by atoms with Crippen molar-refractivity contribution in [3.8, 4) is 5.75 Å². The molecule has 0 bridgehead atoms. The van der Waals surface area contributed by atoms with Gasteiger partial charge >= 0.3 is 0 Å². The third kappa shape index (κ3) is 3.49. The standard InChI is InChI=1S/C15H15BrFNO2/c1-20-11-7-5-10(6-8-11)14(19)9-18-15-12(16)3-2-4-13(15)17/h2-8,14,18-19H,9H2,1H3. The van der Waals surface area contributed by atoms with Crippen molar-refractivity contribution >= 4 is 21.6 Å². The van der Waals surface area contributed by atoms with Gasteiger partial charge in [0.05, 0.1) is 18.9 Å². The Balaban J connectivity index is 2.02. The van der Waals surface area contributed by atoms with E-state index in [-0.39, 0.29) is 12.4 Å². The molecule has 0 aliphatic rings. The van der Waals surface area contributed by atoms with Gasteiger partial charge in [-0.2, -0.15) is 0 Å². The predicted octanol–water partition coefficient (Wildman–Crippen LogP) is 3.74. The molecular formula is C15H15BrFNO2. The highest BCUT2D eigenvalue weighted by molar-refractivity contribution is 9.10. The van der Waals surface area contributed by atoms with Gasteiger partial charge in [0.25, 0.3) is 0 Å². The van der Waals surface area contributed by atoms with E-state index >= 15 is 0 Å². The average Bonchev–Trinajstić information content (AvgIpc) is 2.46.